The third-order valence-corrected chi connectivity index (χ3v) is 5.18. The quantitative estimate of drug-likeness (QED) is 0.477. The van der Waals surface area contributed by atoms with Gasteiger partial charge in [0.1, 0.15) is 17.1 Å². The number of phenols is 1. The number of hydrogen-bond acceptors (Lipinski definition) is 3. The molecule has 2 heterocycles. The van der Waals surface area contributed by atoms with Crippen LogP contribution in [0.4, 0.5) is 10.2 Å². The van der Waals surface area contributed by atoms with Crippen LogP contribution in [0, 0.1) is 19.7 Å². The van der Waals surface area contributed by atoms with Crippen LogP contribution in [0.2, 0.25) is 5.02 Å². The molecule has 146 valence electrons. The molecule has 0 saturated heterocycles. The number of aromatic hydroxyl groups is 1. The number of rotatable bonds is 4. The Hall–Kier alpha value is -3.18. The number of pyridine rings is 2. The van der Waals surface area contributed by atoms with Crippen LogP contribution in [-0.4, -0.2) is 10.1 Å². The summed E-state index contributed by atoms with van der Waals surface area (Å²) >= 11 is 6.38. The minimum absolute atomic E-state index is 0.00401. The Morgan fingerprint density at radius 3 is 2.55 bits per heavy atom. The van der Waals surface area contributed by atoms with Crippen molar-refractivity contribution in [2.45, 2.75) is 19.9 Å². The molecule has 0 amide bonds. The molecule has 0 spiro atoms. The summed E-state index contributed by atoms with van der Waals surface area (Å²) in [5.74, 6) is 0.209. The highest BCUT2D eigenvalue weighted by Gasteiger charge is 2.29. The van der Waals surface area contributed by atoms with E-state index in [4.69, 9.17) is 11.6 Å². The van der Waals surface area contributed by atoms with E-state index in [1.807, 2.05) is 50.2 Å². The van der Waals surface area contributed by atoms with Crippen LogP contribution in [-0.2, 0) is 0 Å². The van der Waals surface area contributed by atoms with Gasteiger partial charge in [-0.2, -0.15) is 0 Å². The van der Waals surface area contributed by atoms with Gasteiger partial charge in [0.25, 0.3) is 5.82 Å². The maximum atomic E-state index is 14.8. The van der Waals surface area contributed by atoms with Gasteiger partial charge in [-0.1, -0.05) is 35.9 Å². The molecule has 0 unspecified atom stereocenters. The molecule has 4 rings (SSSR count). The van der Waals surface area contributed by atoms with Gasteiger partial charge in [-0.25, -0.2) is 14.4 Å². The minimum atomic E-state index is -0.728. The van der Waals surface area contributed by atoms with Gasteiger partial charge >= 0.3 is 0 Å². The van der Waals surface area contributed by atoms with Crippen LogP contribution in [0.25, 0.3) is 10.9 Å². The largest absolute Gasteiger partial charge is 0.505 e. The number of halogens is 2. The molecule has 0 bridgehead atoms. The molecule has 3 N–H and O–H groups in total. The number of aromatic nitrogens is 2. The molecule has 2 aromatic carbocycles. The lowest BCUT2D eigenvalue weighted by Crippen LogP contribution is -2.21. The zero-order valence-electron chi connectivity index (χ0n) is 16.0. The number of anilines is 1. The maximum absolute atomic E-state index is 14.8. The summed E-state index contributed by atoms with van der Waals surface area (Å²) in [6.45, 7) is 3.78. The predicted octanol–water partition coefficient (Wildman–Crippen LogP) is 5.37. The second kappa shape index (κ2) is 7.68. The SMILES string of the molecule is Cc1ccc2ccc([C@H](Nc3cccc(C)[nH+]3)c3c(F)cccc3Cl)c(O)c2n1. The Kier molecular flexibility index (Phi) is 5.07. The predicted molar refractivity (Wildman–Crippen MR) is 113 cm³/mol. The Balaban J connectivity index is 1.93. The van der Waals surface area contributed by atoms with Crippen LogP contribution < -0.4 is 10.3 Å². The number of nitrogens with zero attached hydrogens (tertiary/aromatic N) is 1. The number of phenolic OH excluding ortho intramolecular Hbond substituents is 1. The first-order valence-corrected chi connectivity index (χ1v) is 9.60. The maximum Gasteiger partial charge on any atom is 0.273 e. The van der Waals surface area contributed by atoms with E-state index in [1.54, 1.807) is 18.2 Å². The fraction of sp³-hybridized carbons (Fsp3) is 0.130. The highest BCUT2D eigenvalue weighted by molar-refractivity contribution is 6.31. The fourth-order valence-electron chi connectivity index (χ4n) is 3.44. The van der Waals surface area contributed by atoms with Gasteiger partial charge in [0.05, 0.1) is 16.3 Å². The molecule has 29 heavy (non-hydrogen) atoms. The molecule has 0 aliphatic rings. The first-order chi connectivity index (χ1) is 13.9. The monoisotopic (exact) mass is 408 g/mol. The molecule has 6 heteroatoms. The standard InChI is InChI=1S/C23H19ClFN3O/c1-13-5-3-8-19(26-13)28-22(20-17(24)6-4-7-18(20)25)16-12-11-15-10-9-14(2)27-21(15)23(16)29/h3-12,22,29H,1-2H3,(H,26,28)/p+1/t22-/m0/s1. The van der Waals surface area contributed by atoms with Gasteiger partial charge in [0.2, 0.25) is 0 Å². The first-order valence-electron chi connectivity index (χ1n) is 9.22. The number of hydrogen-bond donors (Lipinski definition) is 2. The molecule has 0 fully saturated rings. The molecule has 0 aliphatic carbocycles. The normalized spacial score (nSPS) is 12.1. The van der Waals surface area contributed by atoms with Crippen LogP contribution in [0.3, 0.4) is 0 Å². The lowest BCUT2D eigenvalue weighted by Gasteiger charge is -2.19. The Labute approximate surface area is 173 Å². The second-order valence-corrected chi connectivity index (χ2v) is 7.40. The van der Waals surface area contributed by atoms with Crippen molar-refractivity contribution in [3.05, 3.63) is 94.0 Å². The lowest BCUT2D eigenvalue weighted by atomic mass is 9.95. The number of aromatic amines is 1. The summed E-state index contributed by atoms with van der Waals surface area (Å²) in [6.07, 6.45) is 0. The molecular weight excluding hydrogens is 389 g/mol. The van der Waals surface area contributed by atoms with Crippen LogP contribution >= 0.6 is 11.6 Å². The summed E-state index contributed by atoms with van der Waals surface area (Å²) in [5.41, 5.74) is 2.93. The summed E-state index contributed by atoms with van der Waals surface area (Å²) in [4.78, 5) is 7.67. The molecule has 4 nitrogen and oxygen atoms in total. The number of H-pyrrole nitrogens is 1. The Morgan fingerprint density at radius 1 is 1.03 bits per heavy atom. The third-order valence-electron chi connectivity index (χ3n) is 4.85. The Bertz CT molecular complexity index is 1190. The number of fused-ring (bicyclic) bond motifs is 1. The van der Waals surface area contributed by atoms with Gasteiger partial charge < -0.3 is 5.11 Å². The van der Waals surface area contributed by atoms with E-state index in [2.05, 4.69) is 15.3 Å². The van der Waals surface area contributed by atoms with E-state index < -0.39 is 11.9 Å². The van der Waals surface area contributed by atoms with Gasteiger partial charge in [-0.15, -0.1) is 0 Å². The number of benzene rings is 2. The van der Waals surface area contributed by atoms with E-state index in [1.165, 1.54) is 6.07 Å². The number of nitrogens with one attached hydrogen (secondary N) is 2. The summed E-state index contributed by atoms with van der Waals surface area (Å²) in [6, 6.07) is 16.9. The summed E-state index contributed by atoms with van der Waals surface area (Å²) in [5, 5.41) is 15.4. The van der Waals surface area contributed by atoms with Gasteiger partial charge in [0, 0.05) is 22.7 Å². The van der Waals surface area contributed by atoms with Crippen molar-refractivity contribution in [3.8, 4) is 5.75 Å². The molecule has 4 aromatic rings. The molecule has 0 radical (unpaired) electrons. The first kappa shape index (κ1) is 19.2. The lowest BCUT2D eigenvalue weighted by molar-refractivity contribution is -0.371. The highest BCUT2D eigenvalue weighted by atomic mass is 35.5. The smallest absolute Gasteiger partial charge is 0.273 e. The molecule has 1 atom stereocenters. The van der Waals surface area contributed by atoms with Crippen molar-refractivity contribution in [1.29, 1.82) is 0 Å². The van der Waals surface area contributed by atoms with E-state index >= 15 is 0 Å². The second-order valence-electron chi connectivity index (χ2n) is 6.99. The van der Waals surface area contributed by atoms with Crippen LogP contribution in [0.5, 0.6) is 5.75 Å². The van der Waals surface area contributed by atoms with Crippen molar-refractivity contribution in [2.24, 2.45) is 0 Å². The van der Waals surface area contributed by atoms with Gasteiger partial charge in [-0.05, 0) is 44.2 Å². The molecule has 2 aromatic heterocycles. The zero-order valence-corrected chi connectivity index (χ0v) is 16.8. The van der Waals surface area contributed by atoms with Crippen molar-refractivity contribution >= 4 is 28.3 Å². The van der Waals surface area contributed by atoms with E-state index in [-0.39, 0.29) is 16.3 Å². The topological polar surface area (TPSA) is 59.3 Å². The molecular formula is C23H20ClFN3O+. The van der Waals surface area contributed by atoms with E-state index in [0.717, 1.165) is 16.8 Å². The third kappa shape index (κ3) is 3.74. The Morgan fingerprint density at radius 2 is 1.79 bits per heavy atom. The van der Waals surface area contributed by atoms with Crippen molar-refractivity contribution in [1.82, 2.24) is 4.98 Å². The van der Waals surface area contributed by atoms with Gasteiger partial charge in [-0.3, -0.25) is 5.32 Å². The van der Waals surface area contributed by atoms with Crippen molar-refractivity contribution in [2.75, 3.05) is 5.32 Å². The fourth-order valence-corrected chi connectivity index (χ4v) is 3.71. The van der Waals surface area contributed by atoms with Crippen LogP contribution in [0.1, 0.15) is 28.6 Å². The average molecular weight is 409 g/mol. The zero-order chi connectivity index (χ0) is 20.5. The summed E-state index contributed by atoms with van der Waals surface area (Å²) < 4.78 is 14.8. The average Bonchev–Trinajstić information content (AvgIpc) is 2.68. The number of aryl methyl sites for hydroxylation is 2. The summed E-state index contributed by atoms with van der Waals surface area (Å²) in [7, 11) is 0. The van der Waals surface area contributed by atoms with Gasteiger partial charge in [0.15, 0.2) is 6.04 Å². The molecule has 0 saturated carbocycles. The van der Waals surface area contributed by atoms with Crippen molar-refractivity contribution in [3.63, 3.8) is 0 Å². The minimum Gasteiger partial charge on any atom is -0.505 e. The van der Waals surface area contributed by atoms with E-state index in [9.17, 15) is 9.50 Å². The molecule has 0 aliphatic heterocycles. The van der Waals surface area contributed by atoms with Crippen molar-refractivity contribution < 1.29 is 14.5 Å². The van der Waals surface area contributed by atoms with Crippen LogP contribution in [0.15, 0.2) is 60.7 Å². The van der Waals surface area contributed by atoms with E-state index in [0.29, 0.717) is 16.9 Å². The highest BCUT2D eigenvalue weighted by Crippen LogP contribution is 2.39.